The molecule has 0 N–H and O–H groups in total. The van der Waals surface area contributed by atoms with E-state index in [2.05, 4.69) is 18.2 Å². The Hall–Kier alpha value is -4.37. The van der Waals surface area contributed by atoms with Crippen LogP contribution in [-0.4, -0.2) is 12.9 Å². The van der Waals surface area contributed by atoms with Crippen molar-refractivity contribution in [2.45, 2.75) is 6.61 Å². The average Bonchev–Trinajstić information content (AvgIpc) is 2.90. The maximum absolute atomic E-state index is 12.8. The number of ether oxygens (including phenoxy) is 2. The number of rotatable bonds is 7. The molecule has 0 radical (unpaired) electrons. The van der Waals surface area contributed by atoms with Crippen LogP contribution in [0.15, 0.2) is 109 Å². The summed E-state index contributed by atoms with van der Waals surface area (Å²) in [5.74, 6) is 1.52. The predicted molar refractivity (Wildman–Crippen MR) is 139 cm³/mol. The van der Waals surface area contributed by atoms with Gasteiger partial charge in [0.15, 0.2) is 5.78 Å². The van der Waals surface area contributed by atoms with Gasteiger partial charge in [-0.25, -0.2) is 0 Å². The van der Waals surface area contributed by atoms with Gasteiger partial charge < -0.3 is 9.47 Å². The number of methoxy groups -OCH3 is 1. The highest BCUT2D eigenvalue weighted by Crippen LogP contribution is 2.25. The van der Waals surface area contributed by atoms with E-state index in [9.17, 15) is 4.79 Å². The molecule has 0 aromatic heterocycles. The van der Waals surface area contributed by atoms with Crippen LogP contribution in [0.5, 0.6) is 11.5 Å². The topological polar surface area (TPSA) is 35.5 Å². The number of ketones is 1. The first kappa shape index (κ1) is 21.5. The van der Waals surface area contributed by atoms with Crippen LogP contribution in [-0.2, 0) is 6.61 Å². The van der Waals surface area contributed by atoms with E-state index in [0.29, 0.717) is 12.2 Å². The van der Waals surface area contributed by atoms with E-state index in [1.807, 2.05) is 91.0 Å². The molecule has 0 bridgehead atoms. The van der Waals surface area contributed by atoms with E-state index in [0.717, 1.165) is 38.8 Å². The minimum absolute atomic E-state index is 0.0319. The van der Waals surface area contributed by atoms with Gasteiger partial charge in [0.25, 0.3) is 0 Å². The molecule has 3 heteroatoms. The SMILES string of the molecule is COc1ccc(/C=C/C(=O)c2ccc3ccccc3c2)cc1COc1ccc2ccccc2c1. The zero-order chi connectivity index (χ0) is 23.3. The molecule has 0 aliphatic rings. The fraction of sp³-hybridized carbons (Fsp3) is 0.0645. The lowest BCUT2D eigenvalue weighted by Gasteiger charge is -2.12. The lowest BCUT2D eigenvalue weighted by Crippen LogP contribution is -1.99. The van der Waals surface area contributed by atoms with Crippen molar-refractivity contribution in [1.82, 2.24) is 0 Å². The molecule has 0 saturated heterocycles. The Labute approximate surface area is 198 Å². The molecule has 0 unspecified atom stereocenters. The first-order valence-electron chi connectivity index (χ1n) is 11.2. The smallest absolute Gasteiger partial charge is 0.185 e. The van der Waals surface area contributed by atoms with Crippen molar-refractivity contribution in [3.63, 3.8) is 0 Å². The Morgan fingerprint density at radius 1 is 0.735 bits per heavy atom. The third-order valence-electron chi connectivity index (χ3n) is 5.88. The number of hydrogen-bond donors (Lipinski definition) is 0. The number of hydrogen-bond acceptors (Lipinski definition) is 3. The fourth-order valence-corrected chi connectivity index (χ4v) is 4.04. The van der Waals surface area contributed by atoms with E-state index >= 15 is 0 Å². The molecule has 34 heavy (non-hydrogen) atoms. The quantitative estimate of drug-likeness (QED) is 0.193. The summed E-state index contributed by atoms with van der Waals surface area (Å²) in [6.45, 7) is 0.363. The van der Waals surface area contributed by atoms with Gasteiger partial charge in [-0.3, -0.25) is 4.79 Å². The van der Waals surface area contributed by atoms with Crippen molar-refractivity contribution in [2.24, 2.45) is 0 Å². The number of carbonyl (C=O) groups is 1. The summed E-state index contributed by atoms with van der Waals surface area (Å²) in [5.41, 5.74) is 2.49. The zero-order valence-corrected chi connectivity index (χ0v) is 18.9. The summed E-state index contributed by atoms with van der Waals surface area (Å²) in [5, 5.41) is 4.49. The number of carbonyl (C=O) groups excluding carboxylic acids is 1. The van der Waals surface area contributed by atoms with Crippen LogP contribution in [0.1, 0.15) is 21.5 Å². The summed E-state index contributed by atoms with van der Waals surface area (Å²) in [4.78, 5) is 12.8. The molecule has 0 saturated carbocycles. The van der Waals surface area contributed by atoms with Crippen LogP contribution in [0, 0.1) is 0 Å². The molecule has 5 rings (SSSR count). The third-order valence-corrected chi connectivity index (χ3v) is 5.88. The molecule has 0 heterocycles. The van der Waals surface area contributed by atoms with Gasteiger partial charge in [0.05, 0.1) is 7.11 Å². The van der Waals surface area contributed by atoms with E-state index in [-0.39, 0.29) is 5.78 Å². The Balaban J connectivity index is 1.33. The van der Waals surface area contributed by atoms with Gasteiger partial charge in [0, 0.05) is 11.1 Å². The van der Waals surface area contributed by atoms with Gasteiger partial charge in [-0.05, 0) is 63.5 Å². The summed E-state index contributed by atoms with van der Waals surface area (Å²) in [7, 11) is 1.65. The normalized spacial score (nSPS) is 11.2. The standard InChI is InChI=1S/C31H24O3/c1-33-31-17-11-22(10-16-30(32)27-13-12-23-6-2-4-8-25(23)19-27)18-28(31)21-34-29-15-14-24-7-3-5-9-26(24)20-29/h2-20H,21H2,1H3/b16-10+. The fourth-order valence-electron chi connectivity index (χ4n) is 4.04. The minimum atomic E-state index is -0.0319. The van der Waals surface area contributed by atoms with E-state index in [1.165, 1.54) is 5.39 Å². The number of allylic oxidation sites excluding steroid dienone is 1. The Bertz CT molecular complexity index is 1510. The van der Waals surface area contributed by atoms with Crippen LogP contribution in [0.4, 0.5) is 0 Å². The molecule has 0 aliphatic heterocycles. The van der Waals surface area contributed by atoms with Crippen molar-refractivity contribution >= 4 is 33.4 Å². The van der Waals surface area contributed by atoms with Crippen molar-refractivity contribution in [3.8, 4) is 11.5 Å². The molecule has 3 nitrogen and oxygen atoms in total. The highest BCUT2D eigenvalue weighted by molar-refractivity contribution is 6.08. The lowest BCUT2D eigenvalue weighted by atomic mass is 10.0. The van der Waals surface area contributed by atoms with Gasteiger partial charge in [0.2, 0.25) is 0 Å². The zero-order valence-electron chi connectivity index (χ0n) is 18.9. The van der Waals surface area contributed by atoms with Crippen molar-refractivity contribution in [2.75, 3.05) is 7.11 Å². The second-order valence-electron chi connectivity index (χ2n) is 8.13. The van der Waals surface area contributed by atoms with Crippen molar-refractivity contribution < 1.29 is 14.3 Å². The molecule has 5 aromatic carbocycles. The second kappa shape index (κ2) is 9.63. The largest absolute Gasteiger partial charge is 0.496 e. The Morgan fingerprint density at radius 3 is 2.15 bits per heavy atom. The van der Waals surface area contributed by atoms with Crippen LogP contribution in [0.25, 0.3) is 27.6 Å². The monoisotopic (exact) mass is 444 g/mol. The van der Waals surface area contributed by atoms with Crippen LogP contribution >= 0.6 is 0 Å². The number of fused-ring (bicyclic) bond motifs is 2. The number of benzene rings is 5. The van der Waals surface area contributed by atoms with Gasteiger partial charge in [-0.1, -0.05) is 78.9 Å². The maximum Gasteiger partial charge on any atom is 0.185 e. The van der Waals surface area contributed by atoms with Gasteiger partial charge in [-0.2, -0.15) is 0 Å². The van der Waals surface area contributed by atoms with E-state index in [4.69, 9.17) is 9.47 Å². The molecule has 0 atom stereocenters. The molecular weight excluding hydrogens is 420 g/mol. The Kier molecular flexibility index (Phi) is 6.09. The van der Waals surface area contributed by atoms with Crippen LogP contribution < -0.4 is 9.47 Å². The lowest BCUT2D eigenvalue weighted by molar-refractivity contribution is 0.104. The van der Waals surface area contributed by atoms with Crippen molar-refractivity contribution in [3.05, 3.63) is 126 Å². The minimum Gasteiger partial charge on any atom is -0.496 e. The van der Waals surface area contributed by atoms with Crippen LogP contribution in [0.3, 0.4) is 0 Å². The van der Waals surface area contributed by atoms with Crippen LogP contribution in [0.2, 0.25) is 0 Å². The summed E-state index contributed by atoms with van der Waals surface area (Å²) in [6.07, 6.45) is 3.44. The molecule has 0 amide bonds. The first-order valence-corrected chi connectivity index (χ1v) is 11.2. The summed E-state index contributed by atoms with van der Waals surface area (Å²) in [6, 6.07) is 33.9. The molecular formula is C31H24O3. The molecule has 166 valence electrons. The molecule has 0 fully saturated rings. The average molecular weight is 445 g/mol. The molecule has 5 aromatic rings. The summed E-state index contributed by atoms with van der Waals surface area (Å²) < 4.78 is 11.6. The second-order valence-corrected chi connectivity index (χ2v) is 8.13. The Morgan fingerprint density at radius 2 is 1.41 bits per heavy atom. The third kappa shape index (κ3) is 4.69. The van der Waals surface area contributed by atoms with Gasteiger partial charge >= 0.3 is 0 Å². The predicted octanol–water partition coefficient (Wildman–Crippen LogP) is 7.48. The highest BCUT2D eigenvalue weighted by atomic mass is 16.5. The van der Waals surface area contributed by atoms with Crippen molar-refractivity contribution in [1.29, 1.82) is 0 Å². The highest BCUT2D eigenvalue weighted by Gasteiger charge is 2.07. The molecule has 0 aliphatic carbocycles. The maximum atomic E-state index is 12.8. The van der Waals surface area contributed by atoms with Gasteiger partial charge in [0.1, 0.15) is 18.1 Å². The molecule has 0 spiro atoms. The first-order chi connectivity index (χ1) is 16.7. The van der Waals surface area contributed by atoms with E-state index < -0.39 is 0 Å². The van der Waals surface area contributed by atoms with E-state index in [1.54, 1.807) is 13.2 Å². The van der Waals surface area contributed by atoms with Gasteiger partial charge in [-0.15, -0.1) is 0 Å². The summed E-state index contributed by atoms with van der Waals surface area (Å²) >= 11 is 0.